The molecule has 2 aliphatic rings. The topological polar surface area (TPSA) is 104 Å². The molecule has 11 nitrogen and oxygen atoms in total. The number of pyridine rings is 1. The van der Waals surface area contributed by atoms with Crippen LogP contribution >= 0.6 is 11.6 Å². The number of likely N-dealkylation sites (N-methyl/N-ethyl adjacent to an activating group) is 1. The number of anilines is 1. The lowest BCUT2D eigenvalue weighted by Crippen LogP contribution is -2.58. The van der Waals surface area contributed by atoms with Crippen LogP contribution in [0.5, 0.6) is 0 Å². The van der Waals surface area contributed by atoms with Crippen LogP contribution in [0.1, 0.15) is 70.6 Å². The van der Waals surface area contributed by atoms with Gasteiger partial charge >= 0.3 is 5.69 Å². The molecule has 0 spiro atoms. The number of carbonyl (C=O) groups excluding carboxylic acids is 1. The van der Waals surface area contributed by atoms with Crippen molar-refractivity contribution in [1.29, 1.82) is 0 Å². The van der Waals surface area contributed by atoms with E-state index in [-0.39, 0.29) is 51.8 Å². The highest BCUT2D eigenvalue weighted by Crippen LogP contribution is 2.37. The van der Waals surface area contributed by atoms with Gasteiger partial charge in [-0.1, -0.05) is 58.0 Å². The Balaban J connectivity index is 1.61. The Bertz CT molecular complexity index is 2000. The molecule has 2 unspecified atom stereocenters. The second-order valence-electron chi connectivity index (χ2n) is 14.4. The molecular formula is C38H47ClFN9O2. The van der Waals surface area contributed by atoms with Crippen molar-refractivity contribution in [3.63, 3.8) is 0 Å². The van der Waals surface area contributed by atoms with Crippen LogP contribution in [0.15, 0.2) is 47.8 Å². The first-order valence-corrected chi connectivity index (χ1v) is 18.1. The number of rotatable bonds is 8. The van der Waals surface area contributed by atoms with Gasteiger partial charge in [-0.3, -0.25) is 9.69 Å². The van der Waals surface area contributed by atoms with E-state index in [1.165, 1.54) is 16.7 Å². The minimum atomic E-state index is -0.560. The number of fused-ring (bicyclic) bond motifs is 1. The van der Waals surface area contributed by atoms with Crippen molar-refractivity contribution < 1.29 is 9.18 Å². The second kappa shape index (κ2) is 14.8. The molecule has 1 amide bonds. The summed E-state index contributed by atoms with van der Waals surface area (Å²) in [4.78, 5) is 55.7. The molecule has 0 saturated carbocycles. The zero-order chi connectivity index (χ0) is 36.7. The molecule has 13 heteroatoms. The Labute approximate surface area is 303 Å². The highest BCUT2D eigenvalue weighted by Gasteiger charge is 2.35. The molecule has 0 radical (unpaired) electrons. The number of amides is 1. The molecule has 6 rings (SSSR count). The maximum absolute atomic E-state index is 15.3. The molecule has 0 bridgehead atoms. The average molecular weight is 716 g/mol. The zero-order valence-electron chi connectivity index (χ0n) is 30.5. The molecule has 2 atom stereocenters. The van der Waals surface area contributed by atoms with Crippen LogP contribution in [0.25, 0.3) is 28.0 Å². The van der Waals surface area contributed by atoms with E-state index in [2.05, 4.69) is 23.4 Å². The van der Waals surface area contributed by atoms with Crippen LogP contribution in [0, 0.1) is 5.82 Å². The molecule has 2 fully saturated rings. The smallest absolute Gasteiger partial charge is 0.349 e. The first kappa shape index (κ1) is 36.5. The highest BCUT2D eigenvalue weighted by molar-refractivity contribution is 6.33. The van der Waals surface area contributed by atoms with Gasteiger partial charge in [0.05, 0.1) is 39.7 Å². The van der Waals surface area contributed by atoms with E-state index in [1.54, 1.807) is 29.2 Å². The summed E-state index contributed by atoms with van der Waals surface area (Å²) in [6.45, 7) is 21.0. The Hall–Kier alpha value is -4.26. The molecule has 270 valence electrons. The Morgan fingerprint density at radius 2 is 1.63 bits per heavy atom. The van der Waals surface area contributed by atoms with Crippen molar-refractivity contribution in [3.05, 3.63) is 81.5 Å². The molecule has 0 aliphatic carbocycles. The summed E-state index contributed by atoms with van der Waals surface area (Å²) in [6.07, 6.45) is 1.32. The third-order valence-corrected chi connectivity index (χ3v) is 10.2. The quantitative estimate of drug-likeness (QED) is 0.215. The number of carbonyl (C=O) groups is 1. The predicted molar refractivity (Wildman–Crippen MR) is 200 cm³/mol. The Morgan fingerprint density at radius 1 is 0.980 bits per heavy atom. The lowest BCUT2D eigenvalue weighted by molar-refractivity contribution is -0.128. The lowest BCUT2D eigenvalue weighted by Gasteiger charge is -2.44. The lowest BCUT2D eigenvalue weighted by atomic mass is 10.0. The molecule has 1 aromatic carbocycles. The van der Waals surface area contributed by atoms with E-state index < -0.39 is 11.5 Å². The summed E-state index contributed by atoms with van der Waals surface area (Å²) in [6, 6.07) is 7.64. The van der Waals surface area contributed by atoms with Gasteiger partial charge in [0.25, 0.3) is 0 Å². The van der Waals surface area contributed by atoms with Crippen LogP contribution in [0.2, 0.25) is 5.02 Å². The summed E-state index contributed by atoms with van der Waals surface area (Å²) in [5.41, 5.74) is 2.09. The molecular weight excluding hydrogens is 669 g/mol. The van der Waals surface area contributed by atoms with Crippen LogP contribution in [0.3, 0.4) is 0 Å². The number of piperazine rings is 2. The van der Waals surface area contributed by atoms with Crippen molar-refractivity contribution in [1.82, 2.24) is 39.2 Å². The van der Waals surface area contributed by atoms with Gasteiger partial charge in [-0.2, -0.15) is 4.98 Å². The van der Waals surface area contributed by atoms with Crippen LogP contribution < -0.4 is 10.6 Å². The van der Waals surface area contributed by atoms with Crippen molar-refractivity contribution in [2.24, 2.45) is 0 Å². The number of hydrogen-bond donors (Lipinski definition) is 0. The third kappa shape index (κ3) is 7.14. The number of benzene rings is 1. The number of halogens is 2. The molecule has 4 aromatic rings. The molecule has 3 aromatic heterocycles. The van der Waals surface area contributed by atoms with Gasteiger partial charge in [0, 0.05) is 56.9 Å². The van der Waals surface area contributed by atoms with Crippen molar-refractivity contribution in [2.45, 2.75) is 72.0 Å². The van der Waals surface area contributed by atoms with Crippen molar-refractivity contribution in [2.75, 3.05) is 51.2 Å². The maximum Gasteiger partial charge on any atom is 0.355 e. The summed E-state index contributed by atoms with van der Waals surface area (Å²) in [5, 5.41) is 0.738. The number of aromatic nitrogens is 5. The van der Waals surface area contributed by atoms with E-state index in [0.29, 0.717) is 53.7 Å². The molecule has 51 heavy (non-hydrogen) atoms. The average Bonchev–Trinajstić information content (AvgIpc) is 3.09. The number of hydrogen-bond acceptors (Lipinski definition) is 9. The van der Waals surface area contributed by atoms with Gasteiger partial charge in [0.1, 0.15) is 17.5 Å². The Kier molecular flexibility index (Phi) is 10.6. The predicted octanol–water partition coefficient (Wildman–Crippen LogP) is 5.64. The summed E-state index contributed by atoms with van der Waals surface area (Å²) >= 11 is 6.93. The SMILES string of the molecule is C=CC(=O)N1CC(C)N(c2nc(=O)n(-c3c(C(C)C)nc(CN4CCN(C)CC4)nc3C(C)C)c3nc(-c4ccccc4F)c(Cl)cc23)CC1C. The largest absolute Gasteiger partial charge is 0.355 e. The van der Waals surface area contributed by atoms with Gasteiger partial charge in [-0.05, 0) is 57.0 Å². The minimum Gasteiger partial charge on any atom is -0.349 e. The first-order valence-electron chi connectivity index (χ1n) is 17.7. The van der Waals surface area contributed by atoms with E-state index in [0.717, 1.165) is 26.2 Å². The number of nitrogens with zero attached hydrogens (tertiary/aromatic N) is 9. The Morgan fingerprint density at radius 3 is 2.24 bits per heavy atom. The molecule has 2 saturated heterocycles. The fourth-order valence-electron chi connectivity index (χ4n) is 7.07. The summed E-state index contributed by atoms with van der Waals surface area (Å²) in [7, 11) is 2.13. The fourth-order valence-corrected chi connectivity index (χ4v) is 7.32. The van der Waals surface area contributed by atoms with Gasteiger partial charge in [-0.25, -0.2) is 28.7 Å². The van der Waals surface area contributed by atoms with Gasteiger partial charge in [0.2, 0.25) is 5.91 Å². The second-order valence-corrected chi connectivity index (χ2v) is 14.8. The standard InChI is InChI=1S/C38H47ClFN9O2/c1-9-31(50)47-19-25(7)48(20-24(47)6)36-27-18-28(39)34(26-12-10-11-13-29(26)40)43-37(27)49(38(51)44-36)35-32(22(2)3)41-30(42-33(35)23(4)5)21-46-16-14-45(8)15-17-46/h9-13,18,22-25H,1,14-17,19-21H2,2-8H3. The maximum atomic E-state index is 15.3. The van der Waals surface area contributed by atoms with E-state index in [1.807, 2.05) is 46.4 Å². The van der Waals surface area contributed by atoms with Crippen molar-refractivity contribution >= 4 is 34.4 Å². The van der Waals surface area contributed by atoms with E-state index in [9.17, 15) is 9.59 Å². The van der Waals surface area contributed by atoms with Crippen LogP contribution in [-0.2, 0) is 11.3 Å². The summed E-state index contributed by atoms with van der Waals surface area (Å²) in [5.74, 6) is 0.305. The molecule has 5 heterocycles. The fraction of sp³-hybridized carbons (Fsp3) is 0.474. The summed E-state index contributed by atoms with van der Waals surface area (Å²) < 4.78 is 16.8. The normalized spacial score (nSPS) is 19.0. The van der Waals surface area contributed by atoms with Gasteiger partial charge < -0.3 is 14.7 Å². The third-order valence-electron chi connectivity index (χ3n) is 9.91. The highest BCUT2D eigenvalue weighted by atomic mass is 35.5. The van der Waals surface area contributed by atoms with E-state index >= 15 is 4.39 Å². The van der Waals surface area contributed by atoms with Gasteiger partial charge in [0.15, 0.2) is 5.65 Å². The molecule has 0 N–H and O–H groups in total. The van der Waals surface area contributed by atoms with Crippen LogP contribution in [0.4, 0.5) is 10.2 Å². The van der Waals surface area contributed by atoms with Crippen molar-refractivity contribution in [3.8, 4) is 16.9 Å². The van der Waals surface area contributed by atoms with E-state index in [4.69, 9.17) is 31.5 Å². The zero-order valence-corrected chi connectivity index (χ0v) is 31.3. The minimum absolute atomic E-state index is 0.0805. The van der Waals surface area contributed by atoms with Crippen LogP contribution in [-0.4, -0.2) is 104 Å². The first-order chi connectivity index (χ1) is 24.3. The monoisotopic (exact) mass is 715 g/mol. The van der Waals surface area contributed by atoms with Gasteiger partial charge in [-0.15, -0.1) is 0 Å². The molecule has 2 aliphatic heterocycles.